The van der Waals surface area contributed by atoms with Crippen LogP contribution in [0.4, 0.5) is 0 Å². The molecule has 0 aliphatic heterocycles. The van der Waals surface area contributed by atoms with Crippen molar-refractivity contribution in [2.75, 3.05) is 7.11 Å². The first-order valence-electron chi connectivity index (χ1n) is 8.42. The van der Waals surface area contributed by atoms with Gasteiger partial charge in [0.05, 0.1) is 7.11 Å². The van der Waals surface area contributed by atoms with Gasteiger partial charge in [0.1, 0.15) is 11.4 Å². The predicted octanol–water partition coefficient (Wildman–Crippen LogP) is 2.66. The number of carboxylic acid groups (broad SMARTS) is 1. The van der Waals surface area contributed by atoms with Gasteiger partial charge in [0.15, 0.2) is 17.5 Å². The van der Waals surface area contributed by atoms with Crippen molar-refractivity contribution < 1.29 is 24.5 Å². The number of aromatic nitrogens is 2. The van der Waals surface area contributed by atoms with Gasteiger partial charge in [-0.15, -0.1) is 0 Å². The van der Waals surface area contributed by atoms with Crippen molar-refractivity contribution in [2.24, 2.45) is 0 Å². The van der Waals surface area contributed by atoms with Crippen molar-refractivity contribution in [1.82, 2.24) is 15.5 Å². The van der Waals surface area contributed by atoms with Crippen molar-refractivity contribution in [3.8, 4) is 22.8 Å². The average molecular weight is 381 g/mol. The van der Waals surface area contributed by atoms with Crippen molar-refractivity contribution >= 4 is 11.9 Å². The Labute approximate surface area is 160 Å². The highest BCUT2D eigenvalue weighted by Crippen LogP contribution is 2.31. The molecule has 0 saturated heterocycles. The number of nitrogens with zero attached hydrogens (tertiary/aromatic N) is 1. The molecule has 3 aromatic rings. The Morgan fingerprint density at radius 1 is 1.11 bits per heavy atom. The fourth-order valence-electron chi connectivity index (χ4n) is 2.69. The van der Waals surface area contributed by atoms with Crippen LogP contribution in [0.5, 0.6) is 11.5 Å². The second-order valence-corrected chi connectivity index (χ2v) is 6.18. The van der Waals surface area contributed by atoms with Gasteiger partial charge in [-0.3, -0.25) is 9.89 Å². The van der Waals surface area contributed by atoms with E-state index in [-0.39, 0.29) is 17.1 Å². The quantitative estimate of drug-likeness (QED) is 0.520. The summed E-state index contributed by atoms with van der Waals surface area (Å²) in [4.78, 5) is 24.1. The highest BCUT2D eigenvalue weighted by Gasteiger charge is 2.26. The van der Waals surface area contributed by atoms with E-state index in [0.29, 0.717) is 16.9 Å². The third kappa shape index (κ3) is 3.80. The van der Waals surface area contributed by atoms with E-state index in [2.05, 4.69) is 15.5 Å². The summed E-state index contributed by atoms with van der Waals surface area (Å²) < 4.78 is 5.08. The number of benzene rings is 2. The van der Waals surface area contributed by atoms with Crippen LogP contribution < -0.4 is 10.1 Å². The van der Waals surface area contributed by atoms with Gasteiger partial charge in [-0.2, -0.15) is 5.10 Å². The summed E-state index contributed by atoms with van der Waals surface area (Å²) in [6, 6.07) is 12.3. The van der Waals surface area contributed by atoms with E-state index in [1.165, 1.54) is 7.11 Å². The number of carbonyl (C=O) groups excluding carboxylic acids is 1. The van der Waals surface area contributed by atoms with Crippen LogP contribution in [-0.2, 0) is 4.79 Å². The second kappa shape index (κ2) is 7.83. The third-order valence-corrected chi connectivity index (χ3v) is 4.26. The Balaban J connectivity index is 1.84. The smallest absolute Gasteiger partial charge is 0.330 e. The molecule has 0 radical (unpaired) electrons. The van der Waals surface area contributed by atoms with E-state index >= 15 is 0 Å². The molecular formula is C20H19N3O5. The van der Waals surface area contributed by atoms with Crippen LogP contribution in [0.15, 0.2) is 48.5 Å². The Morgan fingerprint density at radius 2 is 1.75 bits per heavy atom. The summed E-state index contributed by atoms with van der Waals surface area (Å²) in [5.41, 5.74) is 1.91. The minimum atomic E-state index is -1.26. The van der Waals surface area contributed by atoms with Crippen LogP contribution in [0.25, 0.3) is 11.3 Å². The number of amides is 1. The molecule has 1 amide bonds. The molecule has 8 nitrogen and oxygen atoms in total. The Kier molecular flexibility index (Phi) is 5.30. The summed E-state index contributed by atoms with van der Waals surface area (Å²) in [6.45, 7) is 1.88. The summed E-state index contributed by atoms with van der Waals surface area (Å²) in [5, 5.41) is 28.7. The number of carbonyl (C=O) groups is 2. The van der Waals surface area contributed by atoms with Gasteiger partial charge in [0.25, 0.3) is 5.91 Å². The summed E-state index contributed by atoms with van der Waals surface area (Å²) in [6.07, 6.45) is 0. The molecule has 1 aromatic heterocycles. The van der Waals surface area contributed by atoms with Crippen molar-refractivity contribution in [2.45, 2.75) is 13.0 Å². The largest absolute Gasteiger partial charge is 0.504 e. The highest BCUT2D eigenvalue weighted by molar-refractivity contribution is 5.99. The van der Waals surface area contributed by atoms with Crippen LogP contribution in [0.2, 0.25) is 0 Å². The normalized spacial score (nSPS) is 11.6. The number of aryl methyl sites for hydroxylation is 1. The number of ether oxygens (including phenoxy) is 1. The maximum atomic E-state index is 12.5. The first-order chi connectivity index (χ1) is 13.4. The molecule has 0 saturated carbocycles. The highest BCUT2D eigenvalue weighted by atomic mass is 16.5. The molecule has 0 bridgehead atoms. The number of hydrogen-bond acceptors (Lipinski definition) is 5. The second-order valence-electron chi connectivity index (χ2n) is 6.18. The van der Waals surface area contributed by atoms with E-state index in [4.69, 9.17) is 4.74 Å². The lowest BCUT2D eigenvalue weighted by Crippen LogP contribution is -2.34. The van der Waals surface area contributed by atoms with Gasteiger partial charge in [-0.1, -0.05) is 29.8 Å². The number of hydrogen-bond donors (Lipinski definition) is 4. The summed E-state index contributed by atoms with van der Waals surface area (Å²) in [7, 11) is 1.54. The molecule has 1 heterocycles. The Bertz CT molecular complexity index is 994. The molecule has 0 aliphatic carbocycles. The van der Waals surface area contributed by atoms with E-state index in [0.717, 1.165) is 5.56 Å². The topological polar surface area (TPSA) is 125 Å². The molecule has 0 aliphatic rings. The molecule has 3 rings (SSSR count). The monoisotopic (exact) mass is 381 g/mol. The SMILES string of the molecule is COc1ccc(-c2n[nH]c(C(=O)NC(C(=O)O)c3ccc(C)cc3)c2O)cc1. The molecule has 1 unspecified atom stereocenters. The molecule has 0 spiro atoms. The molecule has 28 heavy (non-hydrogen) atoms. The Hall–Kier alpha value is -3.81. The number of carboxylic acids is 1. The van der Waals surface area contributed by atoms with Gasteiger partial charge in [0.2, 0.25) is 0 Å². The lowest BCUT2D eigenvalue weighted by atomic mass is 10.0. The molecule has 2 aromatic carbocycles. The molecule has 8 heteroatoms. The molecule has 1 atom stereocenters. The van der Waals surface area contributed by atoms with E-state index in [1.807, 2.05) is 6.92 Å². The summed E-state index contributed by atoms with van der Waals surface area (Å²) >= 11 is 0. The number of aliphatic carboxylic acids is 1. The fourth-order valence-corrected chi connectivity index (χ4v) is 2.69. The molecule has 0 fully saturated rings. The predicted molar refractivity (Wildman–Crippen MR) is 101 cm³/mol. The van der Waals surface area contributed by atoms with E-state index in [9.17, 15) is 19.8 Å². The van der Waals surface area contributed by atoms with Gasteiger partial charge >= 0.3 is 5.97 Å². The van der Waals surface area contributed by atoms with Crippen molar-refractivity contribution in [1.29, 1.82) is 0 Å². The van der Waals surface area contributed by atoms with Crippen LogP contribution >= 0.6 is 0 Å². The maximum Gasteiger partial charge on any atom is 0.330 e. The standard InChI is InChI=1S/C20H19N3O5/c1-11-3-5-13(6-4-11)16(20(26)27)21-19(25)17-18(24)15(22-23-17)12-7-9-14(28-2)10-8-12/h3-10,16,24H,1-2H3,(H,21,25)(H,22,23)(H,26,27). The Morgan fingerprint density at radius 3 is 2.32 bits per heavy atom. The van der Waals surface area contributed by atoms with Crippen LogP contribution in [0.3, 0.4) is 0 Å². The van der Waals surface area contributed by atoms with Crippen molar-refractivity contribution in [3.63, 3.8) is 0 Å². The van der Waals surface area contributed by atoms with Gasteiger partial charge < -0.3 is 20.3 Å². The maximum absolute atomic E-state index is 12.5. The van der Waals surface area contributed by atoms with Gasteiger partial charge in [-0.05, 0) is 36.8 Å². The van der Waals surface area contributed by atoms with Gasteiger partial charge in [-0.25, -0.2) is 4.79 Å². The fraction of sp³-hybridized carbons (Fsp3) is 0.150. The lowest BCUT2D eigenvalue weighted by Gasteiger charge is -2.14. The lowest BCUT2D eigenvalue weighted by molar-refractivity contribution is -0.139. The third-order valence-electron chi connectivity index (χ3n) is 4.26. The number of H-pyrrole nitrogens is 1. The zero-order valence-electron chi connectivity index (χ0n) is 15.3. The number of aromatic amines is 1. The average Bonchev–Trinajstić information content (AvgIpc) is 3.08. The number of nitrogens with one attached hydrogen (secondary N) is 2. The first kappa shape index (κ1) is 19.0. The zero-order valence-corrected chi connectivity index (χ0v) is 15.3. The van der Waals surface area contributed by atoms with Crippen molar-refractivity contribution in [3.05, 3.63) is 65.4 Å². The number of aromatic hydroxyl groups is 1. The molecule has 4 N–H and O–H groups in total. The van der Waals surface area contributed by atoms with E-state index < -0.39 is 17.9 Å². The minimum Gasteiger partial charge on any atom is -0.504 e. The van der Waals surface area contributed by atoms with E-state index in [1.54, 1.807) is 48.5 Å². The number of methoxy groups -OCH3 is 1. The van der Waals surface area contributed by atoms with Crippen LogP contribution in [0.1, 0.15) is 27.7 Å². The summed E-state index contributed by atoms with van der Waals surface area (Å²) in [5.74, 6) is -1.72. The number of rotatable bonds is 6. The zero-order chi connectivity index (χ0) is 20.3. The van der Waals surface area contributed by atoms with Gasteiger partial charge in [0, 0.05) is 5.56 Å². The minimum absolute atomic E-state index is 0.176. The first-order valence-corrected chi connectivity index (χ1v) is 8.42. The van der Waals surface area contributed by atoms with Crippen LogP contribution in [-0.4, -0.2) is 39.4 Å². The molecule has 144 valence electrons. The van der Waals surface area contributed by atoms with Crippen LogP contribution in [0, 0.1) is 6.92 Å². The molecular weight excluding hydrogens is 362 g/mol.